The van der Waals surface area contributed by atoms with Gasteiger partial charge in [0.25, 0.3) is 5.91 Å². The third kappa shape index (κ3) is 3.57. The van der Waals surface area contributed by atoms with Crippen LogP contribution >= 0.6 is 0 Å². The van der Waals surface area contributed by atoms with Gasteiger partial charge in [0.2, 0.25) is 0 Å². The molecule has 1 N–H and O–H groups in total. The molecule has 1 aliphatic heterocycles. The van der Waals surface area contributed by atoms with Crippen molar-refractivity contribution in [3.63, 3.8) is 0 Å². The Morgan fingerprint density at radius 1 is 1.12 bits per heavy atom. The molecule has 1 saturated heterocycles. The minimum Gasteiger partial charge on any atom is -0.481 e. The smallest absolute Gasteiger partial charge is 0.303 e. The Bertz CT molecular complexity index is 787. The van der Waals surface area contributed by atoms with Gasteiger partial charge >= 0.3 is 5.97 Å². The molecular weight excluding hydrogens is 318 g/mol. The Balaban J connectivity index is 1.81. The molecule has 2 aromatic rings. The van der Waals surface area contributed by atoms with Crippen LogP contribution in [0.4, 0.5) is 0 Å². The second-order valence-electron chi connectivity index (χ2n) is 6.50. The number of aliphatic carboxylic acids is 1. The summed E-state index contributed by atoms with van der Waals surface area (Å²) in [5, 5.41) is 13.4. The van der Waals surface area contributed by atoms with Gasteiger partial charge in [-0.25, -0.2) is 4.68 Å². The van der Waals surface area contributed by atoms with Crippen LogP contribution in [0.1, 0.15) is 46.6 Å². The van der Waals surface area contributed by atoms with Gasteiger partial charge in [0.05, 0.1) is 11.4 Å². The number of hydrogen-bond acceptors (Lipinski definition) is 3. The molecule has 0 saturated carbocycles. The summed E-state index contributed by atoms with van der Waals surface area (Å²) in [6.07, 6.45) is 2.72. The number of rotatable bonds is 5. The van der Waals surface area contributed by atoms with Crippen LogP contribution in [0, 0.1) is 13.8 Å². The maximum absolute atomic E-state index is 12.4. The molecule has 1 aromatic carbocycles. The van der Waals surface area contributed by atoms with Crippen LogP contribution in [-0.4, -0.2) is 44.8 Å². The van der Waals surface area contributed by atoms with Crippen molar-refractivity contribution < 1.29 is 14.7 Å². The molecule has 0 unspecified atom stereocenters. The lowest BCUT2D eigenvalue weighted by atomic mass is 10.1. The molecule has 132 valence electrons. The lowest BCUT2D eigenvalue weighted by molar-refractivity contribution is -0.136. The highest BCUT2D eigenvalue weighted by Crippen LogP contribution is 2.20. The van der Waals surface area contributed by atoms with Crippen LogP contribution in [0.15, 0.2) is 24.3 Å². The predicted molar refractivity (Wildman–Crippen MR) is 94.1 cm³/mol. The van der Waals surface area contributed by atoms with E-state index in [9.17, 15) is 9.59 Å². The minimum absolute atomic E-state index is 0.0829. The van der Waals surface area contributed by atoms with Gasteiger partial charge in [0.1, 0.15) is 0 Å². The van der Waals surface area contributed by atoms with E-state index in [0.717, 1.165) is 48.6 Å². The van der Waals surface area contributed by atoms with Crippen LogP contribution < -0.4 is 0 Å². The number of carboxylic acids is 1. The summed E-state index contributed by atoms with van der Waals surface area (Å²) in [5.41, 5.74) is 4.33. The summed E-state index contributed by atoms with van der Waals surface area (Å²) in [6.45, 7) is 5.52. The zero-order valence-corrected chi connectivity index (χ0v) is 14.7. The number of carboxylic acid groups (broad SMARTS) is 1. The molecule has 2 heterocycles. The fraction of sp³-hybridized carbons (Fsp3) is 0.421. The normalized spacial score (nSPS) is 14.1. The summed E-state index contributed by atoms with van der Waals surface area (Å²) in [6, 6.07) is 7.46. The maximum atomic E-state index is 12.4. The van der Waals surface area contributed by atoms with Crippen molar-refractivity contribution in [2.45, 2.75) is 39.5 Å². The number of likely N-dealkylation sites (tertiary alicyclic amines) is 1. The molecule has 6 heteroatoms. The molecule has 25 heavy (non-hydrogen) atoms. The number of amides is 1. The summed E-state index contributed by atoms with van der Waals surface area (Å²) in [5.74, 6) is -0.726. The van der Waals surface area contributed by atoms with Crippen LogP contribution in [0.5, 0.6) is 0 Å². The standard InChI is InChI=1S/C19H23N3O3/c1-13-17(9-10-18(23)24)14(2)22(20-13)16-7-5-15(6-8-16)19(25)21-11-3-4-12-21/h5-8H,3-4,9-12H2,1-2H3,(H,23,24). The van der Waals surface area contributed by atoms with Gasteiger partial charge in [-0.2, -0.15) is 5.10 Å². The predicted octanol–water partition coefficient (Wildman–Crippen LogP) is 2.74. The third-order valence-electron chi connectivity index (χ3n) is 4.78. The average Bonchev–Trinajstić information content (AvgIpc) is 3.22. The highest BCUT2D eigenvalue weighted by molar-refractivity contribution is 5.94. The molecule has 0 bridgehead atoms. The molecule has 6 nitrogen and oxygen atoms in total. The summed E-state index contributed by atoms with van der Waals surface area (Å²) in [4.78, 5) is 25.1. The highest BCUT2D eigenvalue weighted by atomic mass is 16.4. The number of nitrogens with zero attached hydrogens (tertiary/aromatic N) is 3. The summed E-state index contributed by atoms with van der Waals surface area (Å²) in [7, 11) is 0. The SMILES string of the molecule is Cc1nn(-c2ccc(C(=O)N3CCCC3)cc2)c(C)c1CCC(=O)O. The van der Waals surface area contributed by atoms with E-state index in [-0.39, 0.29) is 12.3 Å². The molecule has 1 aromatic heterocycles. The maximum Gasteiger partial charge on any atom is 0.303 e. The number of hydrogen-bond donors (Lipinski definition) is 1. The first-order chi connectivity index (χ1) is 12.0. The van der Waals surface area contributed by atoms with Gasteiger partial charge in [0.15, 0.2) is 0 Å². The van der Waals surface area contributed by atoms with Gasteiger partial charge in [-0.15, -0.1) is 0 Å². The van der Waals surface area contributed by atoms with Gasteiger partial charge in [-0.05, 0) is 62.9 Å². The monoisotopic (exact) mass is 341 g/mol. The Morgan fingerprint density at radius 3 is 2.36 bits per heavy atom. The van der Waals surface area contributed by atoms with Crippen molar-refractivity contribution in [2.24, 2.45) is 0 Å². The Hall–Kier alpha value is -2.63. The fourth-order valence-corrected chi connectivity index (χ4v) is 3.37. The lowest BCUT2D eigenvalue weighted by Crippen LogP contribution is -2.27. The highest BCUT2D eigenvalue weighted by Gasteiger charge is 2.20. The molecule has 0 spiro atoms. The molecule has 1 aliphatic rings. The second-order valence-corrected chi connectivity index (χ2v) is 6.50. The van der Waals surface area contributed by atoms with E-state index in [1.165, 1.54) is 0 Å². The lowest BCUT2D eigenvalue weighted by Gasteiger charge is -2.15. The quantitative estimate of drug-likeness (QED) is 0.907. The van der Waals surface area contributed by atoms with Crippen LogP contribution in [0.25, 0.3) is 5.69 Å². The first kappa shape index (κ1) is 17.2. The molecule has 1 amide bonds. The van der Waals surface area contributed by atoms with Crippen molar-refractivity contribution in [1.29, 1.82) is 0 Å². The number of benzene rings is 1. The average molecular weight is 341 g/mol. The molecule has 0 atom stereocenters. The molecule has 0 aliphatic carbocycles. The van der Waals surface area contributed by atoms with Gasteiger partial charge in [0, 0.05) is 30.8 Å². The number of carbonyl (C=O) groups excluding carboxylic acids is 1. The molecule has 0 radical (unpaired) electrons. The Morgan fingerprint density at radius 2 is 1.76 bits per heavy atom. The van der Waals surface area contributed by atoms with E-state index >= 15 is 0 Å². The van der Waals surface area contributed by atoms with E-state index in [1.807, 2.05) is 47.7 Å². The minimum atomic E-state index is -0.809. The molecular formula is C19H23N3O3. The first-order valence-corrected chi connectivity index (χ1v) is 8.64. The third-order valence-corrected chi connectivity index (χ3v) is 4.78. The fourth-order valence-electron chi connectivity index (χ4n) is 3.37. The van der Waals surface area contributed by atoms with E-state index in [1.54, 1.807) is 0 Å². The molecule has 1 fully saturated rings. The largest absolute Gasteiger partial charge is 0.481 e. The number of carbonyl (C=O) groups is 2. The zero-order valence-electron chi connectivity index (χ0n) is 14.7. The van der Waals surface area contributed by atoms with Crippen molar-refractivity contribution >= 4 is 11.9 Å². The van der Waals surface area contributed by atoms with Crippen molar-refractivity contribution in [2.75, 3.05) is 13.1 Å². The van der Waals surface area contributed by atoms with Gasteiger partial charge < -0.3 is 10.0 Å². The zero-order chi connectivity index (χ0) is 18.0. The van der Waals surface area contributed by atoms with E-state index < -0.39 is 5.97 Å². The van der Waals surface area contributed by atoms with Gasteiger partial charge in [-0.3, -0.25) is 9.59 Å². The van der Waals surface area contributed by atoms with Crippen molar-refractivity contribution in [3.8, 4) is 5.69 Å². The van der Waals surface area contributed by atoms with E-state index in [2.05, 4.69) is 5.10 Å². The van der Waals surface area contributed by atoms with Gasteiger partial charge in [-0.1, -0.05) is 0 Å². The first-order valence-electron chi connectivity index (χ1n) is 8.64. The van der Waals surface area contributed by atoms with Crippen LogP contribution in [-0.2, 0) is 11.2 Å². The Labute approximate surface area is 147 Å². The second kappa shape index (κ2) is 7.09. The van der Waals surface area contributed by atoms with Crippen LogP contribution in [0.3, 0.4) is 0 Å². The van der Waals surface area contributed by atoms with E-state index in [0.29, 0.717) is 12.0 Å². The number of aromatic nitrogens is 2. The van der Waals surface area contributed by atoms with E-state index in [4.69, 9.17) is 5.11 Å². The topological polar surface area (TPSA) is 75.4 Å². The van der Waals surface area contributed by atoms with Crippen molar-refractivity contribution in [3.05, 3.63) is 46.8 Å². The van der Waals surface area contributed by atoms with Crippen LogP contribution in [0.2, 0.25) is 0 Å². The number of aryl methyl sites for hydroxylation is 1. The summed E-state index contributed by atoms with van der Waals surface area (Å²) >= 11 is 0. The van der Waals surface area contributed by atoms with Crippen molar-refractivity contribution in [1.82, 2.24) is 14.7 Å². The summed E-state index contributed by atoms with van der Waals surface area (Å²) < 4.78 is 1.82. The Kier molecular flexibility index (Phi) is 4.88. The molecule has 3 rings (SSSR count).